The highest BCUT2D eigenvalue weighted by molar-refractivity contribution is 6.30. The molecule has 1 aliphatic heterocycles. The van der Waals surface area contributed by atoms with Gasteiger partial charge in [-0.1, -0.05) is 11.6 Å². The van der Waals surface area contributed by atoms with Gasteiger partial charge >= 0.3 is 0 Å². The van der Waals surface area contributed by atoms with E-state index in [4.69, 9.17) is 16.0 Å². The lowest BCUT2D eigenvalue weighted by Gasteiger charge is -2.19. The third kappa shape index (κ3) is 4.84. The number of halogens is 1. The average molecular weight is 453 g/mol. The Morgan fingerprint density at radius 2 is 1.75 bits per heavy atom. The Morgan fingerprint density at radius 1 is 1.09 bits per heavy atom. The van der Waals surface area contributed by atoms with Gasteiger partial charge in [0.05, 0.1) is 0 Å². The van der Waals surface area contributed by atoms with Crippen molar-refractivity contribution in [1.29, 1.82) is 0 Å². The quantitative estimate of drug-likeness (QED) is 0.586. The monoisotopic (exact) mass is 452 g/mol. The van der Waals surface area contributed by atoms with Gasteiger partial charge in [0.1, 0.15) is 0 Å². The number of benzene rings is 2. The Balaban J connectivity index is 1.70. The van der Waals surface area contributed by atoms with Gasteiger partial charge in [-0.15, -0.1) is 0 Å². The largest absolute Gasteiger partial charge is 0.440 e. The van der Waals surface area contributed by atoms with Gasteiger partial charge < -0.3 is 20.0 Å². The lowest BCUT2D eigenvalue weighted by atomic mass is 9.98. The minimum atomic E-state index is -0.266. The molecule has 4 rings (SSSR count). The van der Waals surface area contributed by atoms with Gasteiger partial charge in [-0.05, 0) is 74.5 Å². The van der Waals surface area contributed by atoms with Crippen molar-refractivity contribution in [2.24, 2.45) is 0 Å². The summed E-state index contributed by atoms with van der Waals surface area (Å²) in [5.74, 6) is 0.762. The highest BCUT2D eigenvalue weighted by Crippen LogP contribution is 2.33. The number of piperidine rings is 1. The predicted octanol–water partition coefficient (Wildman–Crippen LogP) is 4.70. The van der Waals surface area contributed by atoms with Crippen LogP contribution in [0.3, 0.4) is 0 Å². The maximum Gasteiger partial charge on any atom is 0.280 e. The number of rotatable bonds is 5. The highest BCUT2D eigenvalue weighted by Gasteiger charge is 2.28. The summed E-state index contributed by atoms with van der Waals surface area (Å²) in [5.41, 5.74) is 2.37. The normalized spacial score (nSPS) is 14.2. The molecule has 2 N–H and O–H groups in total. The summed E-state index contributed by atoms with van der Waals surface area (Å²) in [6.45, 7) is 3.24. The van der Waals surface area contributed by atoms with Crippen LogP contribution in [-0.2, 0) is 4.79 Å². The molecule has 1 saturated heterocycles. The highest BCUT2D eigenvalue weighted by atomic mass is 35.5. The van der Waals surface area contributed by atoms with Crippen LogP contribution in [0.4, 0.5) is 11.4 Å². The van der Waals surface area contributed by atoms with Crippen molar-refractivity contribution in [3.63, 3.8) is 0 Å². The Hall–Kier alpha value is -3.16. The molecule has 2 amide bonds. The van der Waals surface area contributed by atoms with Crippen molar-refractivity contribution >= 4 is 34.8 Å². The first-order valence-corrected chi connectivity index (χ1v) is 10.9. The number of carbonyl (C=O) groups excluding carboxylic acids is 2. The molecule has 2 aromatic carbocycles. The fourth-order valence-electron chi connectivity index (χ4n) is 3.77. The molecule has 0 spiro atoms. The van der Waals surface area contributed by atoms with Crippen molar-refractivity contribution in [3.8, 4) is 11.3 Å². The van der Waals surface area contributed by atoms with Crippen molar-refractivity contribution < 1.29 is 14.0 Å². The summed E-state index contributed by atoms with van der Waals surface area (Å²) in [4.78, 5) is 31.0. The molecule has 32 heavy (non-hydrogen) atoms. The van der Waals surface area contributed by atoms with Crippen LogP contribution in [0.15, 0.2) is 52.9 Å². The van der Waals surface area contributed by atoms with Crippen molar-refractivity contribution in [2.75, 3.05) is 30.4 Å². The second-order valence-corrected chi connectivity index (χ2v) is 8.29. The van der Waals surface area contributed by atoms with E-state index in [1.54, 1.807) is 43.4 Å². The number of amides is 2. The lowest BCUT2D eigenvalue weighted by Crippen LogP contribution is -2.28. The van der Waals surface area contributed by atoms with Crippen molar-refractivity contribution in [1.82, 2.24) is 10.3 Å². The van der Waals surface area contributed by atoms with Crippen LogP contribution in [0.25, 0.3) is 11.3 Å². The van der Waals surface area contributed by atoms with Crippen LogP contribution in [0.5, 0.6) is 0 Å². The molecule has 0 radical (unpaired) electrons. The maximum absolute atomic E-state index is 13.4. The van der Waals surface area contributed by atoms with E-state index in [1.165, 1.54) is 11.8 Å². The summed E-state index contributed by atoms with van der Waals surface area (Å²) in [6, 6.07) is 14.2. The number of nitrogens with zero attached hydrogens (tertiary/aromatic N) is 2. The minimum Gasteiger partial charge on any atom is -0.440 e. The van der Waals surface area contributed by atoms with Crippen LogP contribution in [0, 0.1) is 0 Å². The number of nitrogens with one attached hydrogen (secondary N) is 2. The zero-order valence-electron chi connectivity index (χ0n) is 18.0. The molecular weight excluding hydrogens is 428 g/mol. The number of aromatic nitrogens is 1. The van der Waals surface area contributed by atoms with Crippen molar-refractivity contribution in [2.45, 2.75) is 25.7 Å². The first-order valence-electron chi connectivity index (χ1n) is 10.6. The molecule has 0 atom stereocenters. The Labute approximate surface area is 191 Å². The second kappa shape index (κ2) is 9.54. The first-order chi connectivity index (χ1) is 15.4. The third-order valence-electron chi connectivity index (χ3n) is 5.52. The van der Waals surface area contributed by atoms with E-state index in [0.29, 0.717) is 28.0 Å². The molecule has 0 saturated carbocycles. The molecule has 1 fully saturated rings. The Kier molecular flexibility index (Phi) is 6.58. The van der Waals surface area contributed by atoms with Crippen LogP contribution in [-0.4, -0.2) is 36.9 Å². The zero-order valence-corrected chi connectivity index (χ0v) is 18.8. The molecule has 1 aromatic heterocycles. The van der Waals surface area contributed by atoms with E-state index < -0.39 is 0 Å². The SMILES string of the molecule is CC(=O)Nc1ccc(-c2oc(C3CCNCC3)nc2C(=O)N(C)c2ccc(Cl)cc2)cc1. The smallest absolute Gasteiger partial charge is 0.280 e. The van der Waals surface area contributed by atoms with Crippen LogP contribution in [0.1, 0.15) is 42.1 Å². The van der Waals surface area contributed by atoms with E-state index >= 15 is 0 Å². The van der Waals surface area contributed by atoms with Gasteiger partial charge in [-0.3, -0.25) is 9.59 Å². The van der Waals surface area contributed by atoms with E-state index in [0.717, 1.165) is 31.5 Å². The van der Waals surface area contributed by atoms with Crippen LogP contribution >= 0.6 is 11.6 Å². The first kappa shape index (κ1) is 22.0. The Bertz CT molecular complexity index is 1100. The fraction of sp³-hybridized carbons (Fsp3) is 0.292. The molecule has 0 unspecified atom stereocenters. The summed E-state index contributed by atoms with van der Waals surface area (Å²) in [7, 11) is 1.70. The summed E-state index contributed by atoms with van der Waals surface area (Å²) < 4.78 is 6.19. The summed E-state index contributed by atoms with van der Waals surface area (Å²) in [6.07, 6.45) is 1.81. The van der Waals surface area contributed by atoms with Gasteiger partial charge in [0.25, 0.3) is 5.91 Å². The Morgan fingerprint density at radius 3 is 2.38 bits per heavy atom. The van der Waals surface area contributed by atoms with E-state index in [1.807, 2.05) is 12.1 Å². The van der Waals surface area contributed by atoms with Gasteiger partial charge in [-0.25, -0.2) is 4.98 Å². The number of oxazole rings is 1. The molecule has 1 aliphatic rings. The molecule has 7 nitrogen and oxygen atoms in total. The lowest BCUT2D eigenvalue weighted by molar-refractivity contribution is -0.114. The molecule has 3 aromatic rings. The maximum atomic E-state index is 13.4. The van der Waals surface area contributed by atoms with Gasteiger partial charge in [0.15, 0.2) is 17.3 Å². The molecule has 2 heterocycles. The van der Waals surface area contributed by atoms with E-state index in [9.17, 15) is 9.59 Å². The third-order valence-corrected chi connectivity index (χ3v) is 5.77. The van der Waals surface area contributed by atoms with Gasteiger partial charge in [0, 0.05) is 41.9 Å². The topological polar surface area (TPSA) is 87.5 Å². The fourth-order valence-corrected chi connectivity index (χ4v) is 3.90. The molecular formula is C24H25ClN4O3. The second-order valence-electron chi connectivity index (χ2n) is 7.85. The molecule has 166 valence electrons. The number of hydrogen-bond acceptors (Lipinski definition) is 5. The zero-order chi connectivity index (χ0) is 22.7. The minimum absolute atomic E-state index is 0.147. The standard InChI is InChI=1S/C24H25ClN4O3/c1-15(30)27-19-7-3-16(4-8-19)22-21(28-23(32-22)17-11-13-26-14-12-17)24(31)29(2)20-9-5-18(25)6-10-20/h3-10,17,26H,11-14H2,1-2H3,(H,27,30). The number of anilines is 2. The molecule has 8 heteroatoms. The van der Waals surface area contributed by atoms with Crippen LogP contribution in [0.2, 0.25) is 5.02 Å². The molecule has 0 aliphatic carbocycles. The van der Waals surface area contributed by atoms with Gasteiger partial charge in [0.2, 0.25) is 5.91 Å². The number of hydrogen-bond donors (Lipinski definition) is 2. The summed E-state index contributed by atoms with van der Waals surface area (Å²) >= 11 is 5.99. The van der Waals surface area contributed by atoms with E-state index in [-0.39, 0.29) is 23.4 Å². The van der Waals surface area contributed by atoms with Gasteiger partial charge in [-0.2, -0.15) is 0 Å². The number of carbonyl (C=O) groups is 2. The average Bonchev–Trinajstić information content (AvgIpc) is 3.25. The summed E-state index contributed by atoms with van der Waals surface area (Å²) in [5, 5.41) is 6.68. The predicted molar refractivity (Wildman–Crippen MR) is 125 cm³/mol. The van der Waals surface area contributed by atoms with Crippen molar-refractivity contribution in [3.05, 3.63) is 65.1 Å². The molecule has 0 bridgehead atoms. The van der Waals surface area contributed by atoms with E-state index in [2.05, 4.69) is 15.6 Å². The van der Waals surface area contributed by atoms with Crippen LogP contribution < -0.4 is 15.5 Å².